The van der Waals surface area contributed by atoms with Gasteiger partial charge in [0.2, 0.25) is 5.91 Å². The molecular formula is C25H35N3O2S. The molecule has 2 heterocycles. The summed E-state index contributed by atoms with van der Waals surface area (Å²) in [7, 11) is 0. The molecule has 0 saturated carbocycles. The minimum atomic E-state index is -0.505. The van der Waals surface area contributed by atoms with Crippen LogP contribution in [0, 0.1) is 24.7 Å². The van der Waals surface area contributed by atoms with E-state index in [9.17, 15) is 9.90 Å². The number of carbonyl (C=O) groups is 1. The molecular weight excluding hydrogens is 406 g/mol. The van der Waals surface area contributed by atoms with Gasteiger partial charge in [-0.1, -0.05) is 58.5 Å². The summed E-state index contributed by atoms with van der Waals surface area (Å²) in [6.07, 6.45) is 0.0266. The third-order valence-electron chi connectivity index (χ3n) is 6.17. The number of thiazole rings is 1. The Morgan fingerprint density at radius 1 is 1.26 bits per heavy atom. The van der Waals surface area contributed by atoms with E-state index in [1.807, 2.05) is 17.3 Å². The van der Waals surface area contributed by atoms with Crippen LogP contribution < -0.4 is 5.32 Å². The average molecular weight is 442 g/mol. The van der Waals surface area contributed by atoms with Gasteiger partial charge in [-0.25, -0.2) is 4.98 Å². The summed E-state index contributed by atoms with van der Waals surface area (Å²) < 4.78 is 0. The van der Waals surface area contributed by atoms with Crippen molar-refractivity contribution in [3.05, 3.63) is 53.3 Å². The lowest BCUT2D eigenvalue weighted by atomic mass is 9.84. The summed E-state index contributed by atoms with van der Waals surface area (Å²) in [6, 6.07) is 8.27. The van der Waals surface area contributed by atoms with Gasteiger partial charge < -0.3 is 15.3 Å². The maximum atomic E-state index is 13.3. The summed E-state index contributed by atoms with van der Waals surface area (Å²) >= 11 is 1.65. The lowest BCUT2D eigenvalue weighted by Gasteiger charge is -2.33. The number of benzene rings is 1. The standard InChI is InChI=1S/C25H35N3O2S/c1-15(2)23(16(3)4)25(30)28-13-21(29)11-22(28)17(5)26-12-19-7-9-20(10-8-19)24-18(6)27-14-31-24/h7-10,14-16,21-23,26,29H,5,11-13H2,1-4,6H3/t21-,22+/m1/s1. The van der Waals surface area contributed by atoms with E-state index in [1.54, 1.807) is 11.3 Å². The van der Waals surface area contributed by atoms with Gasteiger partial charge in [0.05, 0.1) is 28.2 Å². The zero-order valence-electron chi connectivity index (χ0n) is 19.3. The van der Waals surface area contributed by atoms with Gasteiger partial charge in [0.15, 0.2) is 0 Å². The van der Waals surface area contributed by atoms with Crippen LogP contribution in [0.4, 0.5) is 0 Å². The highest BCUT2D eigenvalue weighted by Crippen LogP contribution is 2.30. The normalized spacial score (nSPS) is 18.9. The van der Waals surface area contributed by atoms with Crippen LogP contribution in [0.5, 0.6) is 0 Å². The molecule has 0 bridgehead atoms. The van der Waals surface area contributed by atoms with Crippen LogP contribution in [0.1, 0.15) is 45.4 Å². The number of nitrogens with one attached hydrogen (secondary N) is 1. The van der Waals surface area contributed by atoms with E-state index < -0.39 is 6.10 Å². The first kappa shape index (κ1) is 23.5. The van der Waals surface area contributed by atoms with E-state index in [0.29, 0.717) is 19.5 Å². The van der Waals surface area contributed by atoms with E-state index in [0.717, 1.165) is 17.0 Å². The van der Waals surface area contributed by atoms with Gasteiger partial charge in [-0.15, -0.1) is 11.3 Å². The number of hydrogen-bond donors (Lipinski definition) is 2. The summed E-state index contributed by atoms with van der Waals surface area (Å²) in [5.41, 5.74) is 6.03. The second-order valence-corrected chi connectivity index (χ2v) is 10.1. The Balaban J connectivity index is 1.65. The molecule has 1 aromatic carbocycles. The van der Waals surface area contributed by atoms with Crippen LogP contribution in [0.25, 0.3) is 10.4 Å². The second-order valence-electron chi connectivity index (χ2n) is 9.25. The minimum absolute atomic E-state index is 0.0525. The Labute approximate surface area is 190 Å². The molecule has 1 fully saturated rings. The van der Waals surface area contributed by atoms with Crippen molar-refractivity contribution in [2.24, 2.45) is 17.8 Å². The fraction of sp³-hybridized carbons (Fsp3) is 0.520. The first-order chi connectivity index (χ1) is 14.7. The van der Waals surface area contributed by atoms with Crippen LogP contribution in [-0.2, 0) is 11.3 Å². The summed E-state index contributed by atoms with van der Waals surface area (Å²) in [5.74, 6) is 0.586. The molecule has 2 aromatic rings. The van der Waals surface area contributed by atoms with Crippen molar-refractivity contribution < 1.29 is 9.90 Å². The molecule has 2 N–H and O–H groups in total. The lowest BCUT2D eigenvalue weighted by molar-refractivity contribution is -0.139. The van der Waals surface area contributed by atoms with E-state index in [-0.39, 0.29) is 29.7 Å². The summed E-state index contributed by atoms with van der Waals surface area (Å²) in [4.78, 5) is 20.6. The molecule has 3 rings (SSSR count). The highest BCUT2D eigenvalue weighted by molar-refractivity contribution is 7.13. The third kappa shape index (κ3) is 5.36. The summed E-state index contributed by atoms with van der Waals surface area (Å²) in [6.45, 7) is 15.6. The number of amides is 1. The number of aromatic nitrogens is 1. The molecule has 1 aliphatic rings. The van der Waals surface area contributed by atoms with Gasteiger partial charge in [-0.2, -0.15) is 0 Å². The minimum Gasteiger partial charge on any atom is -0.391 e. The molecule has 1 amide bonds. The largest absolute Gasteiger partial charge is 0.391 e. The fourth-order valence-electron chi connectivity index (χ4n) is 4.61. The number of nitrogens with zero attached hydrogens (tertiary/aromatic N) is 2. The first-order valence-corrected chi connectivity index (χ1v) is 12.0. The highest BCUT2D eigenvalue weighted by atomic mass is 32.1. The third-order valence-corrected chi connectivity index (χ3v) is 7.14. The number of aliphatic hydroxyl groups is 1. The van der Waals surface area contributed by atoms with E-state index in [1.165, 1.54) is 10.4 Å². The Morgan fingerprint density at radius 3 is 2.45 bits per heavy atom. The zero-order chi connectivity index (χ0) is 22.7. The molecule has 0 spiro atoms. The molecule has 5 nitrogen and oxygen atoms in total. The summed E-state index contributed by atoms with van der Waals surface area (Å²) in [5, 5.41) is 13.7. The van der Waals surface area contributed by atoms with Crippen LogP contribution in [0.2, 0.25) is 0 Å². The van der Waals surface area contributed by atoms with Gasteiger partial charge in [-0.05, 0) is 29.9 Å². The Kier molecular flexibility index (Phi) is 7.55. The SMILES string of the molecule is C=C(NCc1ccc(-c2scnc2C)cc1)[C@@H]1C[C@@H](O)CN1C(=O)C(C(C)C)C(C)C. The molecule has 0 unspecified atom stereocenters. The number of rotatable bonds is 8. The number of likely N-dealkylation sites (tertiary alicyclic amines) is 1. The Bertz CT molecular complexity index is 896. The molecule has 0 aliphatic carbocycles. The fourth-order valence-corrected chi connectivity index (χ4v) is 5.42. The lowest BCUT2D eigenvalue weighted by Crippen LogP contribution is -2.45. The van der Waals surface area contributed by atoms with Crippen molar-refractivity contribution in [3.63, 3.8) is 0 Å². The van der Waals surface area contributed by atoms with Crippen molar-refractivity contribution >= 4 is 17.2 Å². The predicted octanol–water partition coefficient (Wildman–Crippen LogP) is 4.61. The maximum absolute atomic E-state index is 13.3. The number of β-amino-alcohol motifs (C(OH)–C–C–N with tert-alkyl or cyclic N) is 1. The number of hydrogen-bond acceptors (Lipinski definition) is 5. The van der Waals surface area contributed by atoms with E-state index in [4.69, 9.17) is 0 Å². The maximum Gasteiger partial charge on any atom is 0.226 e. The quantitative estimate of drug-likeness (QED) is 0.628. The van der Waals surface area contributed by atoms with Gasteiger partial charge in [0.25, 0.3) is 0 Å². The molecule has 1 saturated heterocycles. The zero-order valence-corrected chi connectivity index (χ0v) is 20.1. The van der Waals surface area contributed by atoms with Gasteiger partial charge in [-0.3, -0.25) is 4.79 Å². The Hall–Kier alpha value is -2.18. The molecule has 168 valence electrons. The smallest absolute Gasteiger partial charge is 0.226 e. The van der Waals surface area contributed by atoms with Gasteiger partial charge >= 0.3 is 0 Å². The molecule has 0 radical (unpaired) electrons. The van der Waals surface area contributed by atoms with Crippen molar-refractivity contribution in [1.82, 2.24) is 15.2 Å². The van der Waals surface area contributed by atoms with Gasteiger partial charge in [0.1, 0.15) is 0 Å². The first-order valence-electron chi connectivity index (χ1n) is 11.1. The van der Waals surface area contributed by atoms with E-state index in [2.05, 4.69) is 68.8 Å². The number of aryl methyl sites for hydroxylation is 1. The van der Waals surface area contributed by atoms with Crippen LogP contribution in [-0.4, -0.2) is 39.6 Å². The predicted molar refractivity (Wildman–Crippen MR) is 128 cm³/mol. The molecule has 1 aromatic heterocycles. The monoisotopic (exact) mass is 441 g/mol. The topological polar surface area (TPSA) is 65.5 Å². The number of aliphatic hydroxyl groups excluding tert-OH is 1. The van der Waals surface area contributed by atoms with Crippen molar-refractivity contribution in [2.75, 3.05) is 6.54 Å². The average Bonchev–Trinajstić information content (AvgIpc) is 3.31. The van der Waals surface area contributed by atoms with E-state index >= 15 is 0 Å². The molecule has 2 atom stereocenters. The van der Waals surface area contributed by atoms with Crippen molar-refractivity contribution in [1.29, 1.82) is 0 Å². The molecule has 1 aliphatic heterocycles. The van der Waals surface area contributed by atoms with Crippen LogP contribution in [0.3, 0.4) is 0 Å². The number of carbonyl (C=O) groups excluding carboxylic acids is 1. The van der Waals surface area contributed by atoms with Crippen LogP contribution in [0.15, 0.2) is 42.1 Å². The van der Waals surface area contributed by atoms with Gasteiger partial charge in [0, 0.05) is 31.1 Å². The highest BCUT2D eigenvalue weighted by Gasteiger charge is 2.40. The second kappa shape index (κ2) is 9.96. The Morgan fingerprint density at radius 2 is 1.90 bits per heavy atom. The molecule has 31 heavy (non-hydrogen) atoms. The molecule has 6 heteroatoms. The van der Waals surface area contributed by atoms with Crippen molar-refractivity contribution in [3.8, 4) is 10.4 Å². The van der Waals surface area contributed by atoms with Crippen LogP contribution >= 0.6 is 11.3 Å². The van der Waals surface area contributed by atoms with Crippen molar-refractivity contribution in [2.45, 2.75) is 59.7 Å².